The Balaban J connectivity index is 2.63. The molecule has 1 aromatic rings. The van der Waals surface area contributed by atoms with Gasteiger partial charge < -0.3 is 0 Å². The van der Waals surface area contributed by atoms with Gasteiger partial charge in [0.2, 0.25) is 0 Å². The monoisotopic (exact) mass is 210 g/mol. The smallest absolute Gasteiger partial charge is 0.175 e. The van der Waals surface area contributed by atoms with Gasteiger partial charge >= 0.3 is 0 Å². The Morgan fingerprint density at radius 1 is 1.36 bits per heavy atom. The van der Waals surface area contributed by atoms with Gasteiger partial charge in [-0.1, -0.05) is 32.8 Å². The second-order valence-corrected chi connectivity index (χ2v) is 4.56. The molecule has 0 bridgehead atoms. The maximum Gasteiger partial charge on any atom is 0.175 e. The Kier molecular flexibility index (Phi) is 4.88. The first-order valence-corrected chi connectivity index (χ1v) is 6.25. The molecule has 1 rings (SSSR count). The zero-order valence-electron chi connectivity index (χ0n) is 8.95. The number of thiophene rings is 1. The van der Waals surface area contributed by atoms with Gasteiger partial charge in [-0.2, -0.15) is 0 Å². The summed E-state index contributed by atoms with van der Waals surface area (Å²) >= 11 is 1.56. The summed E-state index contributed by atoms with van der Waals surface area (Å²) in [5.41, 5.74) is 0. The molecule has 0 aromatic carbocycles. The molecular weight excluding hydrogens is 192 g/mol. The fraction of sp³-hybridized carbons (Fsp3) is 0.583. The predicted molar refractivity (Wildman–Crippen MR) is 62.0 cm³/mol. The van der Waals surface area contributed by atoms with Crippen LogP contribution in [0.25, 0.3) is 0 Å². The molecule has 0 radical (unpaired) electrons. The average molecular weight is 210 g/mol. The van der Waals surface area contributed by atoms with E-state index in [0.717, 1.165) is 30.6 Å². The van der Waals surface area contributed by atoms with Gasteiger partial charge in [0.25, 0.3) is 0 Å². The Morgan fingerprint density at radius 2 is 2.00 bits per heavy atom. The molecule has 0 fully saturated rings. The lowest BCUT2D eigenvalue weighted by Gasteiger charge is -2.12. The van der Waals surface area contributed by atoms with Crippen LogP contribution in [0.3, 0.4) is 0 Å². The number of carbonyl (C=O) groups excluding carboxylic acids is 1. The van der Waals surface area contributed by atoms with Crippen LogP contribution in [0.4, 0.5) is 0 Å². The number of hydrogen-bond donors (Lipinski definition) is 0. The summed E-state index contributed by atoms with van der Waals surface area (Å²) in [5, 5.41) is 1.97. The van der Waals surface area contributed by atoms with Gasteiger partial charge in [0, 0.05) is 5.92 Å². The maximum absolute atomic E-state index is 12.0. The minimum absolute atomic E-state index is 0.253. The van der Waals surface area contributed by atoms with E-state index in [-0.39, 0.29) is 5.92 Å². The number of hydrogen-bond acceptors (Lipinski definition) is 2. The average Bonchev–Trinajstić information content (AvgIpc) is 2.69. The number of rotatable bonds is 6. The first-order chi connectivity index (χ1) is 6.79. The SMILES string of the molecule is CCCC(CCC)C(=O)c1cccs1. The van der Waals surface area contributed by atoms with Crippen LogP contribution >= 0.6 is 11.3 Å². The van der Waals surface area contributed by atoms with E-state index < -0.39 is 0 Å². The topological polar surface area (TPSA) is 17.1 Å². The summed E-state index contributed by atoms with van der Waals surface area (Å²) in [6, 6.07) is 3.89. The molecule has 0 aliphatic heterocycles. The third kappa shape index (κ3) is 2.95. The van der Waals surface area contributed by atoms with Crippen LogP contribution in [-0.2, 0) is 0 Å². The largest absolute Gasteiger partial charge is 0.293 e. The van der Waals surface area contributed by atoms with E-state index in [0.29, 0.717) is 5.78 Å². The maximum atomic E-state index is 12.0. The summed E-state index contributed by atoms with van der Waals surface area (Å²) in [6.07, 6.45) is 4.26. The van der Waals surface area contributed by atoms with E-state index in [1.165, 1.54) is 0 Å². The van der Waals surface area contributed by atoms with E-state index in [1.54, 1.807) is 11.3 Å². The highest BCUT2D eigenvalue weighted by molar-refractivity contribution is 7.12. The van der Waals surface area contributed by atoms with Crippen LogP contribution in [0.1, 0.15) is 49.2 Å². The van der Waals surface area contributed by atoms with Crippen molar-refractivity contribution in [3.8, 4) is 0 Å². The lowest BCUT2D eigenvalue weighted by atomic mass is 9.93. The van der Waals surface area contributed by atoms with Crippen LogP contribution in [0.2, 0.25) is 0 Å². The van der Waals surface area contributed by atoms with Crippen molar-refractivity contribution in [3.63, 3.8) is 0 Å². The second-order valence-electron chi connectivity index (χ2n) is 3.62. The third-order valence-electron chi connectivity index (χ3n) is 2.41. The van der Waals surface area contributed by atoms with E-state index in [2.05, 4.69) is 13.8 Å². The van der Waals surface area contributed by atoms with Gasteiger partial charge in [-0.05, 0) is 24.3 Å². The Hall–Kier alpha value is -0.630. The van der Waals surface area contributed by atoms with Crippen molar-refractivity contribution in [2.45, 2.75) is 39.5 Å². The van der Waals surface area contributed by atoms with Crippen LogP contribution < -0.4 is 0 Å². The summed E-state index contributed by atoms with van der Waals surface area (Å²) < 4.78 is 0. The zero-order chi connectivity index (χ0) is 10.4. The van der Waals surface area contributed by atoms with Crippen molar-refractivity contribution < 1.29 is 4.79 Å². The van der Waals surface area contributed by atoms with Gasteiger partial charge in [-0.25, -0.2) is 0 Å². The van der Waals surface area contributed by atoms with Crippen molar-refractivity contribution in [2.24, 2.45) is 5.92 Å². The Morgan fingerprint density at radius 3 is 2.43 bits per heavy atom. The number of Topliss-reactive ketones (excluding diaryl/α,β-unsaturated/α-hetero) is 1. The van der Waals surface area contributed by atoms with Gasteiger partial charge in [0.15, 0.2) is 5.78 Å². The van der Waals surface area contributed by atoms with Crippen LogP contribution in [0.5, 0.6) is 0 Å². The first kappa shape index (κ1) is 11.4. The summed E-state index contributed by atoms with van der Waals surface area (Å²) in [4.78, 5) is 12.9. The molecule has 0 saturated carbocycles. The van der Waals surface area contributed by atoms with E-state index in [4.69, 9.17) is 0 Å². The van der Waals surface area contributed by atoms with Crippen molar-refractivity contribution in [2.75, 3.05) is 0 Å². The second kappa shape index (κ2) is 5.97. The molecule has 0 unspecified atom stereocenters. The van der Waals surface area contributed by atoms with Crippen molar-refractivity contribution in [3.05, 3.63) is 22.4 Å². The quantitative estimate of drug-likeness (QED) is 0.645. The molecule has 0 saturated heterocycles. The summed E-state index contributed by atoms with van der Waals surface area (Å²) in [5.74, 6) is 0.604. The standard InChI is InChI=1S/C12H18OS/c1-3-6-10(7-4-2)12(13)11-8-5-9-14-11/h5,8-10H,3-4,6-7H2,1-2H3. The van der Waals surface area contributed by atoms with Crippen LogP contribution in [0, 0.1) is 5.92 Å². The van der Waals surface area contributed by atoms with Crippen molar-refractivity contribution >= 4 is 17.1 Å². The minimum atomic E-state index is 0.253. The highest BCUT2D eigenvalue weighted by atomic mass is 32.1. The molecular formula is C12H18OS. The lowest BCUT2D eigenvalue weighted by Crippen LogP contribution is -2.13. The van der Waals surface area contributed by atoms with Crippen LogP contribution in [-0.4, -0.2) is 5.78 Å². The van der Waals surface area contributed by atoms with E-state index in [1.807, 2.05) is 17.5 Å². The predicted octanol–water partition coefficient (Wildman–Crippen LogP) is 4.15. The molecule has 0 aliphatic carbocycles. The lowest BCUT2D eigenvalue weighted by molar-refractivity contribution is 0.0909. The first-order valence-electron chi connectivity index (χ1n) is 5.37. The van der Waals surface area contributed by atoms with Gasteiger partial charge in [0.1, 0.15) is 0 Å². The molecule has 0 aliphatic rings. The molecule has 1 aromatic heterocycles. The molecule has 14 heavy (non-hydrogen) atoms. The van der Waals surface area contributed by atoms with Gasteiger partial charge in [0.05, 0.1) is 4.88 Å². The highest BCUT2D eigenvalue weighted by Crippen LogP contribution is 2.21. The number of ketones is 1. The molecule has 0 spiro atoms. The molecule has 1 nitrogen and oxygen atoms in total. The Bertz CT molecular complexity index is 258. The van der Waals surface area contributed by atoms with Crippen LogP contribution in [0.15, 0.2) is 17.5 Å². The van der Waals surface area contributed by atoms with Crippen molar-refractivity contribution in [1.29, 1.82) is 0 Å². The third-order valence-corrected chi connectivity index (χ3v) is 3.29. The molecule has 0 atom stereocenters. The fourth-order valence-electron chi connectivity index (χ4n) is 1.72. The highest BCUT2D eigenvalue weighted by Gasteiger charge is 2.18. The van der Waals surface area contributed by atoms with E-state index in [9.17, 15) is 4.79 Å². The normalized spacial score (nSPS) is 10.8. The van der Waals surface area contributed by atoms with E-state index >= 15 is 0 Å². The molecule has 78 valence electrons. The Labute approximate surface area is 90.2 Å². The molecule has 2 heteroatoms. The molecule has 0 N–H and O–H groups in total. The molecule has 0 amide bonds. The summed E-state index contributed by atoms with van der Waals surface area (Å²) in [7, 11) is 0. The van der Waals surface area contributed by atoms with Gasteiger partial charge in [-0.15, -0.1) is 11.3 Å². The number of carbonyl (C=O) groups is 1. The van der Waals surface area contributed by atoms with Gasteiger partial charge in [-0.3, -0.25) is 4.79 Å². The zero-order valence-corrected chi connectivity index (χ0v) is 9.77. The van der Waals surface area contributed by atoms with Crippen molar-refractivity contribution in [1.82, 2.24) is 0 Å². The molecule has 1 heterocycles. The minimum Gasteiger partial charge on any atom is -0.293 e. The summed E-state index contributed by atoms with van der Waals surface area (Å²) in [6.45, 7) is 4.29. The fourth-order valence-corrected chi connectivity index (χ4v) is 2.47.